The van der Waals surface area contributed by atoms with Crippen LogP contribution >= 0.6 is 0 Å². The molecular formula is C27H31N5O2. The Morgan fingerprint density at radius 3 is 2.47 bits per heavy atom. The predicted octanol–water partition coefficient (Wildman–Crippen LogP) is 4.52. The van der Waals surface area contributed by atoms with Crippen LogP contribution in [-0.2, 0) is 13.0 Å². The van der Waals surface area contributed by atoms with E-state index < -0.39 is 0 Å². The Balaban J connectivity index is 1.34. The average Bonchev–Trinajstić information content (AvgIpc) is 3.60. The summed E-state index contributed by atoms with van der Waals surface area (Å²) in [6.07, 6.45) is 2.95. The van der Waals surface area contributed by atoms with Crippen molar-refractivity contribution in [2.45, 2.75) is 52.5 Å². The Morgan fingerprint density at radius 1 is 1.15 bits per heavy atom. The summed E-state index contributed by atoms with van der Waals surface area (Å²) in [6.45, 7) is 10.3. The van der Waals surface area contributed by atoms with Gasteiger partial charge >= 0.3 is 0 Å². The van der Waals surface area contributed by atoms with Gasteiger partial charge in [0.25, 0.3) is 11.6 Å². The minimum absolute atomic E-state index is 0.0242. The lowest BCUT2D eigenvalue weighted by atomic mass is 9.89. The average molecular weight is 458 g/mol. The maximum Gasteiger partial charge on any atom is 0.259 e. The van der Waals surface area contributed by atoms with E-state index in [1.807, 2.05) is 35.2 Å². The van der Waals surface area contributed by atoms with Crippen molar-refractivity contribution in [1.29, 1.82) is 5.26 Å². The number of fused-ring (bicyclic) bond motifs is 1. The fourth-order valence-electron chi connectivity index (χ4n) is 4.63. The molecule has 0 unspecified atom stereocenters. The monoisotopic (exact) mass is 457 g/mol. The van der Waals surface area contributed by atoms with E-state index in [4.69, 9.17) is 14.8 Å². The van der Waals surface area contributed by atoms with Gasteiger partial charge in [-0.1, -0.05) is 38.1 Å². The molecule has 2 aliphatic rings. The van der Waals surface area contributed by atoms with Crippen molar-refractivity contribution in [3.05, 3.63) is 58.4 Å². The van der Waals surface area contributed by atoms with Gasteiger partial charge in [-0.25, -0.2) is 4.98 Å². The summed E-state index contributed by atoms with van der Waals surface area (Å²) in [5.74, 6) is 0.474. The number of nitriles is 1. The van der Waals surface area contributed by atoms with Crippen LogP contribution in [0.5, 0.6) is 0 Å². The molecule has 0 bridgehead atoms. The molecule has 7 heteroatoms. The number of aromatic nitrogens is 2. The molecule has 3 heterocycles. The summed E-state index contributed by atoms with van der Waals surface area (Å²) >= 11 is 0. The first-order valence-electron chi connectivity index (χ1n) is 12.1. The van der Waals surface area contributed by atoms with Gasteiger partial charge in [0.05, 0.1) is 28.3 Å². The summed E-state index contributed by atoms with van der Waals surface area (Å²) in [5.41, 5.74) is 4.83. The third kappa shape index (κ3) is 4.83. The molecule has 3 aromatic rings. The third-order valence-corrected chi connectivity index (χ3v) is 6.61. The van der Waals surface area contributed by atoms with Crippen LogP contribution in [0.2, 0.25) is 0 Å². The Kier molecular flexibility index (Phi) is 5.86. The van der Waals surface area contributed by atoms with Gasteiger partial charge in [-0.15, -0.1) is 0 Å². The highest BCUT2D eigenvalue weighted by Crippen LogP contribution is 2.41. The molecule has 0 atom stereocenters. The van der Waals surface area contributed by atoms with Crippen LogP contribution < -0.4 is 0 Å². The molecule has 2 fully saturated rings. The second kappa shape index (κ2) is 8.84. The number of pyridine rings is 1. The van der Waals surface area contributed by atoms with Crippen molar-refractivity contribution < 1.29 is 9.32 Å². The molecule has 1 saturated carbocycles. The van der Waals surface area contributed by atoms with Crippen LogP contribution in [-0.4, -0.2) is 52.0 Å². The highest BCUT2D eigenvalue weighted by Gasteiger charge is 2.32. The Bertz CT molecular complexity index is 1240. The Labute approximate surface area is 200 Å². The highest BCUT2D eigenvalue weighted by molar-refractivity contribution is 6.06. The molecule has 0 radical (unpaired) electrons. The zero-order chi connectivity index (χ0) is 23.9. The van der Waals surface area contributed by atoms with E-state index in [1.54, 1.807) is 0 Å². The lowest BCUT2D eigenvalue weighted by Gasteiger charge is -2.35. The van der Waals surface area contributed by atoms with E-state index >= 15 is 0 Å². The SMILES string of the molecule is CC(C)(C)Cc1noc2nc(C3CC3)cc(C(=O)N3CCN(Cc4ccc(C#N)cc4)CC3)c12. The second-order valence-electron chi connectivity index (χ2n) is 10.8. The Hall–Kier alpha value is -3.24. The maximum atomic E-state index is 13.7. The molecule has 176 valence electrons. The minimum Gasteiger partial charge on any atom is -0.336 e. The fourth-order valence-corrected chi connectivity index (χ4v) is 4.63. The number of carbonyl (C=O) groups is 1. The topological polar surface area (TPSA) is 86.3 Å². The van der Waals surface area contributed by atoms with Gasteiger partial charge < -0.3 is 9.42 Å². The highest BCUT2D eigenvalue weighted by atomic mass is 16.5. The van der Waals surface area contributed by atoms with Crippen LogP contribution in [0.3, 0.4) is 0 Å². The smallest absolute Gasteiger partial charge is 0.259 e. The third-order valence-electron chi connectivity index (χ3n) is 6.61. The lowest BCUT2D eigenvalue weighted by Crippen LogP contribution is -2.48. The van der Waals surface area contributed by atoms with E-state index in [0.717, 1.165) is 55.7 Å². The first-order valence-corrected chi connectivity index (χ1v) is 12.1. The summed E-state index contributed by atoms with van der Waals surface area (Å²) in [4.78, 5) is 22.8. The van der Waals surface area contributed by atoms with Crippen LogP contribution in [0.1, 0.15) is 72.4 Å². The van der Waals surface area contributed by atoms with Crippen LogP contribution in [0.15, 0.2) is 34.9 Å². The number of hydrogen-bond acceptors (Lipinski definition) is 6. The van der Waals surface area contributed by atoms with Crippen molar-refractivity contribution in [1.82, 2.24) is 19.9 Å². The number of hydrogen-bond donors (Lipinski definition) is 0. The van der Waals surface area contributed by atoms with Crippen molar-refractivity contribution in [3.8, 4) is 6.07 Å². The molecule has 0 N–H and O–H groups in total. The van der Waals surface area contributed by atoms with Crippen molar-refractivity contribution in [2.75, 3.05) is 26.2 Å². The summed E-state index contributed by atoms with van der Waals surface area (Å²) in [7, 11) is 0. The van der Waals surface area contributed by atoms with Gasteiger partial charge in [0.2, 0.25) is 0 Å². The van der Waals surface area contributed by atoms with E-state index in [0.29, 0.717) is 35.8 Å². The Morgan fingerprint density at radius 2 is 1.85 bits per heavy atom. The molecule has 5 rings (SSSR count). The largest absolute Gasteiger partial charge is 0.336 e. The number of nitrogens with zero attached hydrogens (tertiary/aromatic N) is 5. The number of carbonyl (C=O) groups excluding carboxylic acids is 1. The standard InChI is InChI=1S/C27H31N5O2/c1-27(2,3)15-23-24-21(14-22(20-8-9-20)29-25(24)34-30-23)26(33)32-12-10-31(11-13-32)17-19-6-4-18(16-28)5-7-19/h4-7,14,20H,8-13,15,17H2,1-3H3. The number of rotatable bonds is 5. The molecule has 0 spiro atoms. The molecule has 1 aliphatic heterocycles. The van der Waals surface area contributed by atoms with E-state index in [9.17, 15) is 4.79 Å². The minimum atomic E-state index is 0.0242. The molecule has 7 nitrogen and oxygen atoms in total. The first kappa shape index (κ1) is 22.5. The lowest BCUT2D eigenvalue weighted by molar-refractivity contribution is 0.0630. The molecule has 34 heavy (non-hydrogen) atoms. The maximum absolute atomic E-state index is 13.7. The molecule has 1 saturated heterocycles. The van der Waals surface area contributed by atoms with Gasteiger partial charge in [-0.05, 0) is 48.4 Å². The zero-order valence-corrected chi connectivity index (χ0v) is 20.2. The van der Waals surface area contributed by atoms with Crippen molar-refractivity contribution in [3.63, 3.8) is 0 Å². The van der Waals surface area contributed by atoms with Gasteiger partial charge in [0.15, 0.2) is 0 Å². The van der Waals surface area contributed by atoms with Crippen molar-refractivity contribution >= 4 is 17.0 Å². The predicted molar refractivity (Wildman–Crippen MR) is 129 cm³/mol. The molecule has 1 aliphatic carbocycles. The van der Waals surface area contributed by atoms with Gasteiger partial charge in [0, 0.05) is 44.3 Å². The number of benzene rings is 1. The van der Waals surface area contributed by atoms with Gasteiger partial charge in [-0.2, -0.15) is 5.26 Å². The molecular weight excluding hydrogens is 426 g/mol. The molecule has 2 aromatic heterocycles. The van der Waals surface area contributed by atoms with Gasteiger partial charge in [0.1, 0.15) is 0 Å². The summed E-state index contributed by atoms with van der Waals surface area (Å²) < 4.78 is 5.63. The number of piperazine rings is 1. The quantitative estimate of drug-likeness (QED) is 0.560. The van der Waals surface area contributed by atoms with Crippen molar-refractivity contribution in [2.24, 2.45) is 5.41 Å². The molecule has 1 aromatic carbocycles. The van der Waals surface area contributed by atoms with E-state index in [2.05, 4.69) is 36.9 Å². The van der Waals surface area contributed by atoms with Crippen LogP contribution in [0.25, 0.3) is 11.1 Å². The van der Waals surface area contributed by atoms with Crippen LogP contribution in [0, 0.1) is 16.7 Å². The van der Waals surface area contributed by atoms with E-state index in [1.165, 1.54) is 5.56 Å². The zero-order valence-electron chi connectivity index (χ0n) is 20.2. The summed E-state index contributed by atoms with van der Waals surface area (Å²) in [6, 6.07) is 11.9. The fraction of sp³-hybridized carbons (Fsp3) is 0.481. The van der Waals surface area contributed by atoms with E-state index in [-0.39, 0.29) is 11.3 Å². The number of amides is 1. The normalized spacial score (nSPS) is 17.2. The summed E-state index contributed by atoms with van der Waals surface area (Å²) in [5, 5.41) is 14.1. The molecule has 1 amide bonds. The van der Waals surface area contributed by atoms with Gasteiger partial charge in [-0.3, -0.25) is 9.69 Å². The van der Waals surface area contributed by atoms with Crippen LogP contribution in [0.4, 0.5) is 0 Å². The first-order chi connectivity index (χ1) is 16.3. The second-order valence-corrected chi connectivity index (χ2v) is 10.8.